The SMILES string of the molecule is CCCCCC(O)OC(F)(F)F. The summed E-state index contributed by atoms with van der Waals surface area (Å²) in [5.41, 5.74) is 0. The first-order chi connectivity index (χ1) is 5.45. The lowest BCUT2D eigenvalue weighted by Crippen LogP contribution is -2.23. The van der Waals surface area contributed by atoms with Crippen LogP contribution in [0.25, 0.3) is 0 Å². The van der Waals surface area contributed by atoms with Crippen LogP contribution in [-0.2, 0) is 4.74 Å². The van der Waals surface area contributed by atoms with Gasteiger partial charge >= 0.3 is 6.36 Å². The van der Waals surface area contributed by atoms with Crippen molar-refractivity contribution in [2.45, 2.75) is 45.3 Å². The molecule has 12 heavy (non-hydrogen) atoms. The van der Waals surface area contributed by atoms with Gasteiger partial charge in [0.15, 0.2) is 6.29 Å². The molecule has 0 aliphatic heterocycles. The van der Waals surface area contributed by atoms with E-state index in [0.29, 0.717) is 6.42 Å². The van der Waals surface area contributed by atoms with Gasteiger partial charge in [-0.05, 0) is 12.8 Å². The lowest BCUT2D eigenvalue weighted by atomic mass is 10.2. The van der Waals surface area contributed by atoms with Crippen molar-refractivity contribution < 1.29 is 23.0 Å². The third-order valence-corrected chi connectivity index (χ3v) is 1.32. The van der Waals surface area contributed by atoms with Gasteiger partial charge in [-0.1, -0.05) is 19.8 Å². The Labute approximate surface area is 69.3 Å². The van der Waals surface area contributed by atoms with E-state index < -0.39 is 12.7 Å². The first kappa shape index (κ1) is 11.7. The summed E-state index contributed by atoms with van der Waals surface area (Å²) in [6.45, 7) is 1.93. The topological polar surface area (TPSA) is 29.5 Å². The zero-order valence-corrected chi connectivity index (χ0v) is 6.90. The minimum Gasteiger partial charge on any atom is -0.368 e. The zero-order valence-electron chi connectivity index (χ0n) is 6.90. The Morgan fingerprint density at radius 2 is 1.92 bits per heavy atom. The fourth-order valence-corrected chi connectivity index (χ4v) is 0.782. The molecule has 0 spiro atoms. The highest BCUT2D eigenvalue weighted by atomic mass is 19.4. The van der Waals surface area contributed by atoms with Crippen molar-refractivity contribution >= 4 is 0 Å². The first-order valence-electron chi connectivity index (χ1n) is 3.88. The Hall–Kier alpha value is -0.290. The van der Waals surface area contributed by atoms with Gasteiger partial charge in [0.25, 0.3) is 0 Å². The molecular formula is C7H13F3O2. The van der Waals surface area contributed by atoms with E-state index in [0.717, 1.165) is 12.8 Å². The number of aliphatic hydroxyl groups is 1. The highest BCUT2D eigenvalue weighted by Crippen LogP contribution is 2.19. The number of hydrogen-bond acceptors (Lipinski definition) is 2. The lowest BCUT2D eigenvalue weighted by Gasteiger charge is -2.13. The summed E-state index contributed by atoms with van der Waals surface area (Å²) in [5.74, 6) is 0. The number of ether oxygens (including phenoxy) is 1. The van der Waals surface area contributed by atoms with E-state index in [1.165, 1.54) is 0 Å². The maximum absolute atomic E-state index is 11.4. The molecule has 0 aromatic heterocycles. The third kappa shape index (κ3) is 7.81. The van der Waals surface area contributed by atoms with Crippen LogP contribution in [0.4, 0.5) is 13.2 Å². The number of alkyl halides is 3. The molecule has 0 saturated carbocycles. The van der Waals surface area contributed by atoms with Gasteiger partial charge < -0.3 is 5.11 Å². The van der Waals surface area contributed by atoms with E-state index in [2.05, 4.69) is 4.74 Å². The van der Waals surface area contributed by atoms with Gasteiger partial charge in [0.1, 0.15) is 0 Å². The fraction of sp³-hybridized carbons (Fsp3) is 1.00. The van der Waals surface area contributed by atoms with Crippen LogP contribution in [0.5, 0.6) is 0 Å². The molecule has 0 saturated heterocycles. The summed E-state index contributed by atoms with van der Waals surface area (Å²) in [7, 11) is 0. The van der Waals surface area contributed by atoms with E-state index >= 15 is 0 Å². The van der Waals surface area contributed by atoms with E-state index in [-0.39, 0.29) is 6.42 Å². The van der Waals surface area contributed by atoms with Crippen LogP contribution in [0.1, 0.15) is 32.6 Å². The van der Waals surface area contributed by atoms with Crippen molar-refractivity contribution in [3.63, 3.8) is 0 Å². The highest BCUT2D eigenvalue weighted by Gasteiger charge is 2.32. The summed E-state index contributed by atoms with van der Waals surface area (Å²) >= 11 is 0. The molecule has 0 rings (SSSR count). The molecule has 0 aliphatic rings. The van der Waals surface area contributed by atoms with Crippen LogP contribution in [0.15, 0.2) is 0 Å². The van der Waals surface area contributed by atoms with Crippen molar-refractivity contribution in [3.8, 4) is 0 Å². The number of hydrogen-bond donors (Lipinski definition) is 1. The van der Waals surface area contributed by atoms with Gasteiger partial charge in [-0.3, -0.25) is 4.74 Å². The van der Waals surface area contributed by atoms with Crippen molar-refractivity contribution in [2.75, 3.05) is 0 Å². The smallest absolute Gasteiger partial charge is 0.368 e. The Kier molecular flexibility index (Phi) is 5.24. The molecule has 5 heteroatoms. The van der Waals surface area contributed by atoms with Gasteiger partial charge in [-0.2, -0.15) is 0 Å². The average molecular weight is 186 g/mol. The van der Waals surface area contributed by atoms with Crippen LogP contribution in [0.2, 0.25) is 0 Å². The Balaban J connectivity index is 3.40. The van der Waals surface area contributed by atoms with Crippen LogP contribution >= 0.6 is 0 Å². The monoisotopic (exact) mass is 186 g/mol. The summed E-state index contributed by atoms with van der Waals surface area (Å²) in [4.78, 5) is 0. The molecule has 0 radical (unpaired) electrons. The van der Waals surface area contributed by atoms with E-state index in [1.807, 2.05) is 6.92 Å². The number of halogens is 3. The summed E-state index contributed by atoms with van der Waals surface area (Å²) in [5, 5.41) is 8.67. The predicted molar refractivity (Wildman–Crippen MR) is 37.3 cm³/mol. The van der Waals surface area contributed by atoms with E-state index in [1.54, 1.807) is 0 Å². The Morgan fingerprint density at radius 1 is 1.33 bits per heavy atom. The molecule has 0 amide bonds. The van der Waals surface area contributed by atoms with Gasteiger partial charge in [-0.15, -0.1) is 13.2 Å². The second-order valence-electron chi connectivity index (χ2n) is 2.51. The fourth-order valence-electron chi connectivity index (χ4n) is 0.782. The first-order valence-corrected chi connectivity index (χ1v) is 3.88. The van der Waals surface area contributed by atoms with Crippen molar-refractivity contribution in [1.82, 2.24) is 0 Å². The molecule has 0 fully saturated rings. The van der Waals surface area contributed by atoms with Gasteiger partial charge in [0, 0.05) is 0 Å². The van der Waals surface area contributed by atoms with Gasteiger partial charge in [0.05, 0.1) is 0 Å². The molecule has 1 atom stereocenters. The second kappa shape index (κ2) is 5.37. The lowest BCUT2D eigenvalue weighted by molar-refractivity contribution is -0.373. The van der Waals surface area contributed by atoms with Crippen molar-refractivity contribution in [2.24, 2.45) is 0 Å². The van der Waals surface area contributed by atoms with Crippen LogP contribution in [-0.4, -0.2) is 17.8 Å². The standard InChI is InChI=1S/C7H13F3O2/c1-2-3-4-5-6(11)12-7(8,9)10/h6,11H,2-5H2,1H3. The largest absolute Gasteiger partial charge is 0.524 e. The van der Waals surface area contributed by atoms with Crippen LogP contribution in [0.3, 0.4) is 0 Å². The summed E-state index contributed by atoms with van der Waals surface area (Å²) < 4.78 is 37.6. The summed E-state index contributed by atoms with van der Waals surface area (Å²) in [6.07, 6.45) is -4.15. The Morgan fingerprint density at radius 3 is 2.33 bits per heavy atom. The van der Waals surface area contributed by atoms with Gasteiger partial charge in [0.2, 0.25) is 0 Å². The van der Waals surface area contributed by atoms with E-state index in [4.69, 9.17) is 5.11 Å². The molecule has 0 bridgehead atoms. The van der Waals surface area contributed by atoms with E-state index in [9.17, 15) is 13.2 Å². The molecule has 2 nitrogen and oxygen atoms in total. The average Bonchev–Trinajstić information content (AvgIpc) is 1.84. The number of unbranched alkanes of at least 4 members (excludes halogenated alkanes) is 2. The molecular weight excluding hydrogens is 173 g/mol. The quantitative estimate of drug-likeness (QED) is 0.527. The second-order valence-corrected chi connectivity index (χ2v) is 2.51. The van der Waals surface area contributed by atoms with Crippen LogP contribution < -0.4 is 0 Å². The minimum absolute atomic E-state index is 0.0351. The molecule has 0 aliphatic carbocycles. The van der Waals surface area contributed by atoms with Gasteiger partial charge in [-0.25, -0.2) is 0 Å². The van der Waals surface area contributed by atoms with Crippen molar-refractivity contribution in [1.29, 1.82) is 0 Å². The maximum atomic E-state index is 11.4. The predicted octanol–water partition coefficient (Wildman–Crippen LogP) is 2.42. The maximum Gasteiger partial charge on any atom is 0.524 e. The molecule has 74 valence electrons. The molecule has 0 aromatic carbocycles. The number of aliphatic hydroxyl groups excluding tert-OH is 1. The molecule has 0 heterocycles. The Bertz CT molecular complexity index is 114. The molecule has 0 aromatic rings. The highest BCUT2D eigenvalue weighted by molar-refractivity contribution is 4.44. The van der Waals surface area contributed by atoms with Crippen LogP contribution in [0, 0.1) is 0 Å². The normalized spacial score (nSPS) is 14.8. The van der Waals surface area contributed by atoms with Crippen molar-refractivity contribution in [3.05, 3.63) is 0 Å². The molecule has 1 unspecified atom stereocenters. The molecule has 1 N–H and O–H groups in total. The third-order valence-electron chi connectivity index (χ3n) is 1.32. The number of rotatable bonds is 5. The zero-order chi connectivity index (χ0) is 9.61. The minimum atomic E-state index is -4.73. The summed E-state index contributed by atoms with van der Waals surface area (Å²) in [6, 6.07) is 0.